The number of amides is 1. The fourth-order valence-corrected chi connectivity index (χ4v) is 1.59. The first-order valence-corrected chi connectivity index (χ1v) is 5.97. The standard InChI is InChI=1S/C12H14N2O3S/c1-7(11(13)18)14-12(15)10-6-16-8-4-2-3-5-9(8)17-10/h2-5,7,10H,6H2,1H3,(H2,13,18)(H,14,15). The Balaban J connectivity index is 2.00. The Hall–Kier alpha value is -1.82. The van der Waals surface area contributed by atoms with E-state index in [9.17, 15) is 4.79 Å². The minimum absolute atomic E-state index is 0.174. The van der Waals surface area contributed by atoms with Crippen molar-refractivity contribution in [1.29, 1.82) is 0 Å². The lowest BCUT2D eigenvalue weighted by atomic mass is 10.2. The maximum atomic E-state index is 11.9. The summed E-state index contributed by atoms with van der Waals surface area (Å²) >= 11 is 4.79. The van der Waals surface area contributed by atoms with Gasteiger partial charge in [0.2, 0.25) is 6.10 Å². The van der Waals surface area contributed by atoms with Gasteiger partial charge in [0.05, 0.1) is 11.0 Å². The summed E-state index contributed by atoms with van der Waals surface area (Å²) in [5.41, 5.74) is 5.44. The Morgan fingerprint density at radius 2 is 2.17 bits per heavy atom. The van der Waals surface area contributed by atoms with E-state index in [2.05, 4.69) is 5.32 Å². The number of para-hydroxylation sites is 2. The second-order valence-corrected chi connectivity index (χ2v) is 4.47. The normalized spacial score (nSPS) is 18.8. The minimum atomic E-state index is -0.684. The van der Waals surface area contributed by atoms with Gasteiger partial charge in [-0.05, 0) is 19.1 Å². The summed E-state index contributed by atoms with van der Waals surface area (Å²) in [5, 5.41) is 2.67. The van der Waals surface area contributed by atoms with Crippen molar-refractivity contribution in [2.24, 2.45) is 5.73 Å². The number of nitrogens with one attached hydrogen (secondary N) is 1. The summed E-state index contributed by atoms with van der Waals surface area (Å²) in [6.45, 7) is 1.89. The van der Waals surface area contributed by atoms with Gasteiger partial charge >= 0.3 is 0 Å². The summed E-state index contributed by atoms with van der Waals surface area (Å²) in [5.74, 6) is 0.917. The van der Waals surface area contributed by atoms with Crippen molar-refractivity contribution >= 4 is 23.1 Å². The lowest BCUT2D eigenvalue weighted by Gasteiger charge is -2.26. The van der Waals surface area contributed by atoms with Gasteiger partial charge in [0, 0.05) is 0 Å². The molecule has 0 spiro atoms. The van der Waals surface area contributed by atoms with Crippen LogP contribution in [0.4, 0.5) is 0 Å². The van der Waals surface area contributed by atoms with E-state index >= 15 is 0 Å². The van der Waals surface area contributed by atoms with Gasteiger partial charge in [-0.15, -0.1) is 0 Å². The molecular weight excluding hydrogens is 252 g/mol. The highest BCUT2D eigenvalue weighted by Gasteiger charge is 2.28. The van der Waals surface area contributed by atoms with Crippen molar-refractivity contribution in [2.75, 3.05) is 6.61 Å². The Bertz CT molecular complexity index is 478. The fourth-order valence-electron chi connectivity index (χ4n) is 1.53. The van der Waals surface area contributed by atoms with Crippen LogP contribution in [0, 0.1) is 0 Å². The Morgan fingerprint density at radius 3 is 2.83 bits per heavy atom. The predicted molar refractivity (Wildman–Crippen MR) is 70.7 cm³/mol. The molecule has 3 N–H and O–H groups in total. The number of benzene rings is 1. The third kappa shape index (κ3) is 2.70. The molecule has 0 bridgehead atoms. The Labute approximate surface area is 110 Å². The quantitative estimate of drug-likeness (QED) is 0.784. The van der Waals surface area contributed by atoms with Gasteiger partial charge < -0.3 is 20.5 Å². The minimum Gasteiger partial charge on any atom is -0.485 e. The molecule has 0 fully saturated rings. The second-order valence-electron chi connectivity index (χ2n) is 4.00. The first-order chi connectivity index (χ1) is 8.58. The van der Waals surface area contributed by atoms with E-state index in [-0.39, 0.29) is 23.5 Å². The molecule has 2 unspecified atom stereocenters. The van der Waals surface area contributed by atoms with Gasteiger partial charge in [-0.25, -0.2) is 0 Å². The van der Waals surface area contributed by atoms with Crippen molar-refractivity contribution < 1.29 is 14.3 Å². The lowest BCUT2D eigenvalue weighted by Crippen LogP contribution is -2.50. The number of fused-ring (bicyclic) bond motifs is 1. The summed E-state index contributed by atoms with van der Waals surface area (Å²) in [6.07, 6.45) is -0.684. The van der Waals surface area contributed by atoms with Crippen LogP contribution >= 0.6 is 12.2 Å². The lowest BCUT2D eigenvalue weighted by molar-refractivity contribution is -0.130. The molecule has 1 aromatic rings. The molecule has 6 heteroatoms. The summed E-state index contributed by atoms with van der Waals surface area (Å²) < 4.78 is 11.0. The van der Waals surface area contributed by atoms with Crippen LogP contribution in [-0.2, 0) is 4.79 Å². The van der Waals surface area contributed by atoms with Gasteiger partial charge in [0.1, 0.15) is 6.61 Å². The molecule has 0 aromatic heterocycles. The smallest absolute Gasteiger partial charge is 0.265 e. The first-order valence-electron chi connectivity index (χ1n) is 5.56. The molecule has 0 aliphatic carbocycles. The van der Waals surface area contributed by atoms with Crippen molar-refractivity contribution in [1.82, 2.24) is 5.32 Å². The summed E-state index contributed by atoms with van der Waals surface area (Å²) in [6, 6.07) is 6.85. The molecular formula is C12H14N2O3S. The number of thiocarbonyl (C=S) groups is 1. The average Bonchev–Trinajstić information content (AvgIpc) is 2.37. The van der Waals surface area contributed by atoms with Gasteiger partial charge in [0.25, 0.3) is 5.91 Å². The number of ether oxygens (including phenoxy) is 2. The molecule has 0 saturated carbocycles. The highest BCUT2D eigenvalue weighted by atomic mass is 32.1. The van der Waals surface area contributed by atoms with Crippen LogP contribution in [0.1, 0.15) is 6.92 Å². The SMILES string of the molecule is CC(NC(=O)C1COc2ccccc2O1)C(N)=S. The summed E-state index contributed by atoms with van der Waals surface area (Å²) in [4.78, 5) is 12.1. The van der Waals surface area contributed by atoms with Crippen LogP contribution in [0.2, 0.25) is 0 Å². The van der Waals surface area contributed by atoms with Gasteiger partial charge in [0.15, 0.2) is 11.5 Å². The zero-order valence-corrected chi connectivity index (χ0v) is 10.7. The number of carbonyl (C=O) groups excluding carboxylic acids is 1. The van der Waals surface area contributed by atoms with Crippen LogP contribution in [0.25, 0.3) is 0 Å². The summed E-state index contributed by atoms with van der Waals surface area (Å²) in [7, 11) is 0. The molecule has 0 radical (unpaired) electrons. The molecule has 1 heterocycles. The van der Waals surface area contributed by atoms with Gasteiger partial charge in [-0.1, -0.05) is 24.4 Å². The number of carbonyl (C=O) groups is 1. The zero-order chi connectivity index (χ0) is 13.1. The molecule has 1 aliphatic heterocycles. The van der Waals surface area contributed by atoms with Crippen LogP contribution in [-0.4, -0.2) is 29.6 Å². The fraction of sp³-hybridized carbons (Fsp3) is 0.333. The third-order valence-electron chi connectivity index (χ3n) is 2.59. The number of rotatable bonds is 3. The van der Waals surface area contributed by atoms with Crippen molar-refractivity contribution in [3.63, 3.8) is 0 Å². The van der Waals surface area contributed by atoms with Gasteiger partial charge in [-0.2, -0.15) is 0 Å². The van der Waals surface area contributed by atoms with E-state index in [1.165, 1.54) is 0 Å². The number of hydrogen-bond donors (Lipinski definition) is 2. The van der Waals surface area contributed by atoms with Crippen LogP contribution in [0.5, 0.6) is 11.5 Å². The molecule has 1 amide bonds. The van der Waals surface area contributed by atoms with Crippen LogP contribution < -0.4 is 20.5 Å². The molecule has 96 valence electrons. The maximum Gasteiger partial charge on any atom is 0.265 e. The number of nitrogens with two attached hydrogens (primary N) is 1. The monoisotopic (exact) mass is 266 g/mol. The molecule has 5 nitrogen and oxygen atoms in total. The first kappa shape index (κ1) is 12.6. The van der Waals surface area contributed by atoms with E-state index < -0.39 is 6.10 Å². The molecule has 0 saturated heterocycles. The Kier molecular flexibility index (Phi) is 3.66. The van der Waals surface area contributed by atoms with E-state index in [1.807, 2.05) is 12.1 Å². The average molecular weight is 266 g/mol. The van der Waals surface area contributed by atoms with Crippen LogP contribution in [0.15, 0.2) is 24.3 Å². The van der Waals surface area contributed by atoms with E-state index in [0.717, 1.165) is 0 Å². The topological polar surface area (TPSA) is 73.6 Å². The molecule has 2 atom stereocenters. The van der Waals surface area contributed by atoms with Crippen molar-refractivity contribution in [3.8, 4) is 11.5 Å². The number of hydrogen-bond acceptors (Lipinski definition) is 4. The second kappa shape index (κ2) is 5.22. The Morgan fingerprint density at radius 1 is 1.50 bits per heavy atom. The van der Waals surface area contributed by atoms with E-state index in [0.29, 0.717) is 11.5 Å². The molecule has 18 heavy (non-hydrogen) atoms. The van der Waals surface area contributed by atoms with E-state index in [1.54, 1.807) is 19.1 Å². The zero-order valence-electron chi connectivity index (χ0n) is 9.88. The predicted octanol–water partition coefficient (Wildman–Crippen LogP) is 0.617. The highest BCUT2D eigenvalue weighted by Crippen LogP contribution is 2.30. The third-order valence-corrected chi connectivity index (χ3v) is 2.94. The highest BCUT2D eigenvalue weighted by molar-refractivity contribution is 7.80. The van der Waals surface area contributed by atoms with Crippen molar-refractivity contribution in [2.45, 2.75) is 19.1 Å². The van der Waals surface area contributed by atoms with Gasteiger partial charge in [-0.3, -0.25) is 4.79 Å². The van der Waals surface area contributed by atoms with Crippen molar-refractivity contribution in [3.05, 3.63) is 24.3 Å². The van der Waals surface area contributed by atoms with Crippen LogP contribution in [0.3, 0.4) is 0 Å². The molecule has 1 aliphatic rings. The molecule has 1 aromatic carbocycles. The van der Waals surface area contributed by atoms with E-state index in [4.69, 9.17) is 27.4 Å². The largest absolute Gasteiger partial charge is 0.485 e. The maximum absolute atomic E-state index is 11.9. The molecule has 2 rings (SSSR count).